The molecular formula is C15H14O4. The molecule has 0 aliphatic rings. The van der Waals surface area contributed by atoms with Crippen molar-refractivity contribution in [3.8, 4) is 23.0 Å². The summed E-state index contributed by atoms with van der Waals surface area (Å²) in [5.74, 6) is 0.354. The van der Waals surface area contributed by atoms with Gasteiger partial charge in [-0.05, 0) is 35.4 Å². The van der Waals surface area contributed by atoms with Crippen molar-refractivity contribution < 1.29 is 20.1 Å². The number of phenols is 3. The van der Waals surface area contributed by atoms with Gasteiger partial charge < -0.3 is 20.1 Å². The molecule has 2 aromatic carbocycles. The maximum absolute atomic E-state index is 9.52. The molecule has 0 aromatic heterocycles. The molecular weight excluding hydrogens is 244 g/mol. The van der Waals surface area contributed by atoms with Crippen LogP contribution in [0.2, 0.25) is 0 Å². The lowest BCUT2D eigenvalue weighted by Crippen LogP contribution is -1.83. The zero-order chi connectivity index (χ0) is 13.8. The van der Waals surface area contributed by atoms with Crippen LogP contribution in [0.25, 0.3) is 12.2 Å². The Morgan fingerprint density at radius 3 is 2.26 bits per heavy atom. The Morgan fingerprint density at radius 2 is 1.58 bits per heavy atom. The molecule has 0 aliphatic heterocycles. The molecule has 98 valence electrons. The average Bonchev–Trinajstić information content (AvgIpc) is 2.39. The Labute approximate surface area is 110 Å². The first-order chi connectivity index (χ1) is 9.08. The van der Waals surface area contributed by atoms with E-state index in [0.717, 1.165) is 11.1 Å². The zero-order valence-electron chi connectivity index (χ0n) is 10.4. The quantitative estimate of drug-likeness (QED) is 0.584. The lowest BCUT2D eigenvalue weighted by atomic mass is 10.1. The topological polar surface area (TPSA) is 69.9 Å². The van der Waals surface area contributed by atoms with E-state index in [1.165, 1.54) is 25.3 Å². The van der Waals surface area contributed by atoms with Crippen LogP contribution in [0.15, 0.2) is 36.4 Å². The molecule has 0 saturated carbocycles. The molecule has 4 heteroatoms. The highest BCUT2D eigenvalue weighted by Gasteiger charge is 1.99. The Kier molecular flexibility index (Phi) is 3.61. The first kappa shape index (κ1) is 12.8. The van der Waals surface area contributed by atoms with E-state index in [-0.39, 0.29) is 17.2 Å². The van der Waals surface area contributed by atoms with Crippen molar-refractivity contribution in [3.05, 3.63) is 47.5 Å². The summed E-state index contributed by atoms with van der Waals surface area (Å²) in [6.45, 7) is 0. The summed E-state index contributed by atoms with van der Waals surface area (Å²) >= 11 is 0. The number of hydrogen-bond donors (Lipinski definition) is 3. The highest BCUT2D eigenvalue weighted by atomic mass is 16.5. The Bertz CT molecular complexity index is 618. The van der Waals surface area contributed by atoms with Crippen LogP contribution < -0.4 is 4.74 Å². The van der Waals surface area contributed by atoms with Crippen LogP contribution in [0.4, 0.5) is 0 Å². The molecule has 0 amide bonds. The van der Waals surface area contributed by atoms with Crippen molar-refractivity contribution in [2.75, 3.05) is 7.11 Å². The van der Waals surface area contributed by atoms with Crippen LogP contribution in [0.5, 0.6) is 23.0 Å². The predicted molar refractivity (Wildman–Crippen MR) is 73.4 cm³/mol. The van der Waals surface area contributed by atoms with Gasteiger partial charge in [0.2, 0.25) is 0 Å². The molecule has 0 heterocycles. The highest BCUT2D eigenvalue weighted by Crippen LogP contribution is 2.27. The predicted octanol–water partition coefficient (Wildman–Crippen LogP) is 2.98. The third-order valence-electron chi connectivity index (χ3n) is 2.62. The van der Waals surface area contributed by atoms with E-state index in [0.29, 0.717) is 5.75 Å². The van der Waals surface area contributed by atoms with Crippen LogP contribution in [0.3, 0.4) is 0 Å². The van der Waals surface area contributed by atoms with Gasteiger partial charge >= 0.3 is 0 Å². The Morgan fingerprint density at radius 1 is 0.842 bits per heavy atom. The van der Waals surface area contributed by atoms with Gasteiger partial charge in [-0.2, -0.15) is 0 Å². The van der Waals surface area contributed by atoms with Crippen molar-refractivity contribution in [1.29, 1.82) is 0 Å². The van der Waals surface area contributed by atoms with Crippen molar-refractivity contribution >= 4 is 12.2 Å². The Hall–Kier alpha value is -2.62. The van der Waals surface area contributed by atoms with Crippen LogP contribution in [0, 0.1) is 0 Å². The van der Waals surface area contributed by atoms with E-state index in [4.69, 9.17) is 4.74 Å². The number of aromatic hydroxyl groups is 3. The lowest BCUT2D eigenvalue weighted by molar-refractivity contribution is 0.403. The van der Waals surface area contributed by atoms with E-state index < -0.39 is 0 Å². The van der Waals surface area contributed by atoms with E-state index in [1.54, 1.807) is 30.4 Å². The maximum Gasteiger partial charge on any atom is 0.157 e. The van der Waals surface area contributed by atoms with Crippen molar-refractivity contribution in [2.45, 2.75) is 0 Å². The maximum atomic E-state index is 9.52. The number of phenolic OH excluding ortho intramolecular Hbond substituents is 3. The normalized spacial score (nSPS) is 10.8. The largest absolute Gasteiger partial charge is 0.508 e. The first-order valence-electron chi connectivity index (χ1n) is 5.66. The fourth-order valence-electron chi connectivity index (χ4n) is 1.66. The van der Waals surface area contributed by atoms with Crippen LogP contribution >= 0.6 is 0 Å². The molecule has 0 radical (unpaired) electrons. The highest BCUT2D eigenvalue weighted by molar-refractivity contribution is 5.72. The van der Waals surface area contributed by atoms with E-state index >= 15 is 0 Å². The molecule has 2 aromatic rings. The number of benzene rings is 2. The van der Waals surface area contributed by atoms with Crippen molar-refractivity contribution in [1.82, 2.24) is 0 Å². The summed E-state index contributed by atoms with van der Waals surface area (Å²) in [6.07, 6.45) is 3.53. The second-order valence-corrected chi connectivity index (χ2v) is 4.05. The third-order valence-corrected chi connectivity index (χ3v) is 2.62. The molecule has 2 rings (SSSR count). The summed E-state index contributed by atoms with van der Waals surface area (Å²) in [5.41, 5.74) is 1.50. The second-order valence-electron chi connectivity index (χ2n) is 4.05. The fourth-order valence-corrected chi connectivity index (χ4v) is 1.66. The van der Waals surface area contributed by atoms with Gasteiger partial charge in [-0.25, -0.2) is 0 Å². The molecule has 0 atom stereocenters. The number of ether oxygens (including phenoxy) is 1. The van der Waals surface area contributed by atoms with Crippen molar-refractivity contribution in [2.24, 2.45) is 0 Å². The Balaban J connectivity index is 2.26. The summed E-state index contributed by atoms with van der Waals surface area (Å²) in [4.78, 5) is 0. The minimum absolute atomic E-state index is 0.118. The molecule has 4 nitrogen and oxygen atoms in total. The number of hydrogen-bond acceptors (Lipinski definition) is 4. The fraction of sp³-hybridized carbons (Fsp3) is 0.0667. The SMILES string of the molecule is COc1cc(O)cc(C=Cc2ccc(O)c(O)c2)c1. The van der Waals surface area contributed by atoms with Crippen LogP contribution in [0.1, 0.15) is 11.1 Å². The smallest absolute Gasteiger partial charge is 0.157 e. The summed E-state index contributed by atoms with van der Waals surface area (Å²) < 4.78 is 5.06. The van der Waals surface area contributed by atoms with Gasteiger partial charge in [0.15, 0.2) is 11.5 Å². The lowest BCUT2D eigenvalue weighted by Gasteiger charge is -2.03. The monoisotopic (exact) mass is 258 g/mol. The number of methoxy groups -OCH3 is 1. The van der Waals surface area contributed by atoms with E-state index in [1.807, 2.05) is 0 Å². The van der Waals surface area contributed by atoms with Gasteiger partial charge in [-0.15, -0.1) is 0 Å². The average molecular weight is 258 g/mol. The molecule has 3 N–H and O–H groups in total. The van der Waals surface area contributed by atoms with Gasteiger partial charge in [0.05, 0.1) is 7.11 Å². The first-order valence-corrected chi connectivity index (χ1v) is 5.66. The summed E-state index contributed by atoms with van der Waals surface area (Å²) in [5, 5.41) is 28.1. The van der Waals surface area contributed by atoms with Gasteiger partial charge in [0.25, 0.3) is 0 Å². The minimum atomic E-state index is -0.171. The van der Waals surface area contributed by atoms with Crippen LogP contribution in [-0.4, -0.2) is 22.4 Å². The molecule has 19 heavy (non-hydrogen) atoms. The molecule has 0 fully saturated rings. The minimum Gasteiger partial charge on any atom is -0.508 e. The summed E-state index contributed by atoms with van der Waals surface area (Å²) in [7, 11) is 1.53. The van der Waals surface area contributed by atoms with Crippen molar-refractivity contribution in [3.63, 3.8) is 0 Å². The standard InChI is InChI=1S/C15H14O4/c1-19-13-7-11(6-12(16)9-13)3-2-10-4-5-14(17)15(18)8-10/h2-9,16-18H,1H3. The van der Waals surface area contributed by atoms with Crippen LogP contribution in [-0.2, 0) is 0 Å². The molecule has 0 bridgehead atoms. The molecule has 0 aliphatic carbocycles. The van der Waals surface area contributed by atoms with Gasteiger partial charge in [-0.1, -0.05) is 18.2 Å². The summed E-state index contributed by atoms with van der Waals surface area (Å²) in [6, 6.07) is 9.43. The number of rotatable bonds is 3. The molecule has 0 saturated heterocycles. The third kappa shape index (κ3) is 3.19. The van der Waals surface area contributed by atoms with Gasteiger partial charge in [0, 0.05) is 6.07 Å². The van der Waals surface area contributed by atoms with Gasteiger partial charge in [0.1, 0.15) is 11.5 Å². The molecule has 0 unspecified atom stereocenters. The molecule has 0 spiro atoms. The van der Waals surface area contributed by atoms with Gasteiger partial charge in [-0.3, -0.25) is 0 Å². The van der Waals surface area contributed by atoms with E-state index in [9.17, 15) is 15.3 Å². The second kappa shape index (κ2) is 5.35. The zero-order valence-corrected chi connectivity index (χ0v) is 10.4. The van der Waals surface area contributed by atoms with E-state index in [2.05, 4.69) is 0 Å².